The molecule has 0 aliphatic carbocycles. The first-order valence-corrected chi connectivity index (χ1v) is 7.00. The first kappa shape index (κ1) is 13.6. The topological polar surface area (TPSA) is 41.0 Å². The van der Waals surface area contributed by atoms with E-state index in [-0.39, 0.29) is 5.56 Å². The van der Waals surface area contributed by atoms with Gasteiger partial charge in [0.2, 0.25) is 0 Å². The van der Waals surface area contributed by atoms with E-state index >= 15 is 0 Å². The minimum Gasteiger partial charge on any atom is -0.378 e. The highest BCUT2D eigenvalue weighted by Gasteiger charge is 2.07. The number of nitrogens with zero attached hydrogens (tertiary/aromatic N) is 2. The van der Waals surface area contributed by atoms with Gasteiger partial charge in [-0.25, -0.2) is 0 Å². The minimum absolute atomic E-state index is 0.105. The Kier molecular flexibility index (Phi) is 3.35. The molecule has 0 saturated heterocycles. The van der Waals surface area contributed by atoms with Gasteiger partial charge in [-0.2, -0.15) is 0 Å². The molecule has 0 fully saturated rings. The van der Waals surface area contributed by atoms with Crippen molar-refractivity contribution in [3.05, 3.63) is 63.7 Å². The maximum absolute atomic E-state index is 12.6. The second-order valence-electron chi connectivity index (χ2n) is 5.03. The average molecular weight is 297 g/mol. The molecule has 0 radical (unpaired) electrons. The first-order chi connectivity index (χ1) is 10.1. The van der Waals surface area contributed by atoms with E-state index in [0.717, 1.165) is 16.9 Å². The largest absolute Gasteiger partial charge is 0.378 e. The van der Waals surface area contributed by atoms with E-state index in [2.05, 4.69) is 4.98 Å². The Hall–Kier alpha value is -2.40. The zero-order valence-corrected chi connectivity index (χ0v) is 12.6. The van der Waals surface area contributed by atoms with Gasteiger partial charge in [-0.05, 0) is 48.6 Å². The van der Waals surface area contributed by atoms with Gasteiger partial charge in [0.05, 0.1) is 16.6 Å². The Labute approximate surface area is 127 Å². The molecule has 0 bridgehead atoms. The van der Waals surface area contributed by atoms with E-state index in [9.17, 15) is 4.79 Å². The Morgan fingerprint density at radius 2 is 1.71 bits per heavy atom. The molecule has 1 N–H and O–H groups in total. The number of nitrogens with one attached hydrogen (secondary N) is 1. The van der Waals surface area contributed by atoms with E-state index in [4.69, 9.17) is 12.2 Å². The van der Waals surface area contributed by atoms with Crippen LogP contribution >= 0.6 is 12.2 Å². The number of rotatable bonds is 2. The standard InChI is InChI=1S/C16H15N3OS/c1-18(2)11-7-9-12(10-8-11)19-15(20)13-5-3-4-6-14(13)17-16(19)21/h3-10H,1-2H3,(H,17,21). The predicted octanol–water partition coefficient (Wildman–Crippen LogP) is 3.11. The van der Waals surface area contributed by atoms with Crippen LogP contribution in [0.1, 0.15) is 0 Å². The summed E-state index contributed by atoms with van der Waals surface area (Å²) in [6.45, 7) is 0. The lowest BCUT2D eigenvalue weighted by atomic mass is 10.2. The average Bonchev–Trinajstić information content (AvgIpc) is 2.48. The van der Waals surface area contributed by atoms with Gasteiger partial charge >= 0.3 is 0 Å². The SMILES string of the molecule is CN(C)c1ccc(-n2c(=S)[nH]c3ccccc3c2=O)cc1. The lowest BCUT2D eigenvalue weighted by Crippen LogP contribution is -2.20. The molecule has 0 spiro atoms. The minimum atomic E-state index is -0.105. The molecule has 0 aliphatic rings. The summed E-state index contributed by atoms with van der Waals surface area (Å²) in [6, 6.07) is 15.1. The molecule has 106 valence electrons. The van der Waals surface area contributed by atoms with Crippen molar-refractivity contribution in [2.75, 3.05) is 19.0 Å². The Morgan fingerprint density at radius 3 is 2.38 bits per heavy atom. The van der Waals surface area contributed by atoms with Crippen LogP contribution in [0.4, 0.5) is 5.69 Å². The monoisotopic (exact) mass is 297 g/mol. The zero-order valence-electron chi connectivity index (χ0n) is 11.8. The molecule has 1 aromatic heterocycles. The highest BCUT2D eigenvalue weighted by atomic mass is 32.1. The molecular weight excluding hydrogens is 282 g/mol. The quantitative estimate of drug-likeness (QED) is 0.739. The molecule has 0 aliphatic heterocycles. The number of hydrogen-bond donors (Lipinski definition) is 1. The fourth-order valence-electron chi connectivity index (χ4n) is 2.30. The van der Waals surface area contributed by atoms with Gasteiger partial charge < -0.3 is 9.88 Å². The number of hydrogen-bond acceptors (Lipinski definition) is 3. The van der Waals surface area contributed by atoms with Gasteiger partial charge in [0.25, 0.3) is 5.56 Å². The summed E-state index contributed by atoms with van der Waals surface area (Å²) < 4.78 is 1.92. The van der Waals surface area contributed by atoms with E-state index in [1.54, 1.807) is 6.07 Å². The first-order valence-electron chi connectivity index (χ1n) is 6.60. The number of H-pyrrole nitrogens is 1. The summed E-state index contributed by atoms with van der Waals surface area (Å²) in [4.78, 5) is 17.7. The predicted molar refractivity (Wildman–Crippen MR) is 89.1 cm³/mol. The van der Waals surface area contributed by atoms with Crippen LogP contribution in [0.5, 0.6) is 0 Å². The number of aromatic amines is 1. The van der Waals surface area contributed by atoms with Crippen LogP contribution in [-0.2, 0) is 0 Å². The number of para-hydroxylation sites is 1. The van der Waals surface area contributed by atoms with Crippen molar-refractivity contribution in [1.82, 2.24) is 9.55 Å². The van der Waals surface area contributed by atoms with Gasteiger partial charge in [0, 0.05) is 19.8 Å². The third-order valence-electron chi connectivity index (χ3n) is 3.43. The number of fused-ring (bicyclic) bond motifs is 1. The second-order valence-corrected chi connectivity index (χ2v) is 5.41. The lowest BCUT2D eigenvalue weighted by Gasteiger charge is -2.13. The Morgan fingerprint density at radius 1 is 1.05 bits per heavy atom. The van der Waals surface area contributed by atoms with Crippen LogP contribution in [-0.4, -0.2) is 23.6 Å². The summed E-state index contributed by atoms with van der Waals surface area (Å²) in [6.07, 6.45) is 0. The lowest BCUT2D eigenvalue weighted by molar-refractivity contribution is 0.939. The van der Waals surface area contributed by atoms with Crippen LogP contribution in [0.15, 0.2) is 53.3 Å². The van der Waals surface area contributed by atoms with Gasteiger partial charge in [-0.3, -0.25) is 9.36 Å². The van der Waals surface area contributed by atoms with Crippen LogP contribution in [0.25, 0.3) is 16.6 Å². The fourth-order valence-corrected chi connectivity index (χ4v) is 2.60. The van der Waals surface area contributed by atoms with Crippen molar-refractivity contribution in [3.63, 3.8) is 0 Å². The van der Waals surface area contributed by atoms with Crippen molar-refractivity contribution in [2.45, 2.75) is 0 Å². The third kappa shape index (κ3) is 2.36. The highest BCUT2D eigenvalue weighted by Crippen LogP contribution is 2.15. The van der Waals surface area contributed by atoms with E-state index in [1.807, 2.05) is 61.5 Å². The van der Waals surface area contributed by atoms with Crippen LogP contribution in [0, 0.1) is 4.77 Å². The summed E-state index contributed by atoms with van der Waals surface area (Å²) in [7, 11) is 3.95. The third-order valence-corrected chi connectivity index (χ3v) is 3.71. The molecule has 3 aromatic rings. The van der Waals surface area contributed by atoms with Gasteiger partial charge in [-0.15, -0.1) is 0 Å². The molecule has 21 heavy (non-hydrogen) atoms. The fraction of sp³-hybridized carbons (Fsp3) is 0.125. The smallest absolute Gasteiger partial charge is 0.266 e. The zero-order chi connectivity index (χ0) is 15.0. The highest BCUT2D eigenvalue weighted by molar-refractivity contribution is 7.71. The normalized spacial score (nSPS) is 10.8. The van der Waals surface area contributed by atoms with Crippen molar-refractivity contribution in [3.8, 4) is 5.69 Å². The Balaban J connectivity index is 2.25. The van der Waals surface area contributed by atoms with Gasteiger partial charge in [0.1, 0.15) is 0 Å². The maximum Gasteiger partial charge on any atom is 0.266 e. The van der Waals surface area contributed by atoms with Gasteiger partial charge in [-0.1, -0.05) is 12.1 Å². The molecule has 0 saturated carbocycles. The van der Waals surface area contributed by atoms with Crippen LogP contribution in [0.2, 0.25) is 0 Å². The molecular formula is C16H15N3OS. The summed E-state index contributed by atoms with van der Waals surface area (Å²) >= 11 is 5.33. The molecule has 1 heterocycles. The summed E-state index contributed by atoms with van der Waals surface area (Å²) in [5.41, 5.74) is 2.49. The van der Waals surface area contributed by atoms with Crippen molar-refractivity contribution in [1.29, 1.82) is 0 Å². The molecule has 3 rings (SSSR count). The maximum atomic E-state index is 12.6. The molecule has 4 nitrogen and oxygen atoms in total. The van der Waals surface area contributed by atoms with Crippen molar-refractivity contribution in [2.24, 2.45) is 0 Å². The van der Waals surface area contributed by atoms with E-state index in [1.165, 1.54) is 4.57 Å². The molecule has 0 atom stereocenters. The molecule has 5 heteroatoms. The summed E-state index contributed by atoms with van der Waals surface area (Å²) in [5.74, 6) is 0. The summed E-state index contributed by atoms with van der Waals surface area (Å²) in [5, 5.41) is 0.628. The number of anilines is 1. The Bertz CT molecular complexity index is 907. The van der Waals surface area contributed by atoms with Crippen molar-refractivity contribution < 1.29 is 0 Å². The molecule has 0 amide bonds. The van der Waals surface area contributed by atoms with Crippen molar-refractivity contribution >= 4 is 28.8 Å². The molecule has 2 aromatic carbocycles. The van der Waals surface area contributed by atoms with E-state index < -0.39 is 0 Å². The second kappa shape index (κ2) is 5.18. The number of benzene rings is 2. The van der Waals surface area contributed by atoms with Gasteiger partial charge in [0.15, 0.2) is 4.77 Å². The van der Waals surface area contributed by atoms with Crippen LogP contribution in [0.3, 0.4) is 0 Å². The van der Waals surface area contributed by atoms with Crippen LogP contribution < -0.4 is 10.5 Å². The molecule has 0 unspecified atom stereocenters. The van der Waals surface area contributed by atoms with E-state index in [0.29, 0.717) is 10.2 Å². The number of aromatic nitrogens is 2.